The number of benzene rings is 2. The van der Waals surface area contributed by atoms with E-state index < -0.39 is 0 Å². The molecule has 2 aromatic rings. The Morgan fingerprint density at radius 1 is 1.05 bits per heavy atom. The molecule has 1 heterocycles. The number of halogens is 1. The van der Waals surface area contributed by atoms with Crippen molar-refractivity contribution in [1.82, 2.24) is 5.32 Å². The minimum absolute atomic E-state index is 0.0615. The van der Waals surface area contributed by atoms with E-state index in [2.05, 4.69) is 27.9 Å². The van der Waals surface area contributed by atoms with Gasteiger partial charge in [-0.3, -0.25) is 0 Å². The summed E-state index contributed by atoms with van der Waals surface area (Å²) in [6.45, 7) is 0.844. The molecule has 4 nitrogen and oxygen atoms in total. The van der Waals surface area contributed by atoms with E-state index in [1.807, 2.05) is 12.1 Å². The van der Waals surface area contributed by atoms with E-state index in [1.165, 1.54) is 0 Å². The van der Waals surface area contributed by atoms with Gasteiger partial charge < -0.3 is 20.6 Å². The summed E-state index contributed by atoms with van der Waals surface area (Å²) in [7, 11) is 0. The highest BCUT2D eigenvalue weighted by Gasteiger charge is 2.22. The van der Waals surface area contributed by atoms with Crippen LogP contribution in [-0.2, 0) is 12.8 Å². The van der Waals surface area contributed by atoms with Crippen molar-refractivity contribution in [2.45, 2.75) is 18.9 Å². The Morgan fingerprint density at radius 3 is 2.57 bits per heavy atom. The molecule has 0 aliphatic carbocycles. The van der Waals surface area contributed by atoms with Gasteiger partial charge in [-0.1, -0.05) is 6.07 Å². The fraction of sp³-hybridized carbons (Fsp3) is 0.250. The second kappa shape index (κ2) is 5.73. The van der Waals surface area contributed by atoms with Gasteiger partial charge in [-0.15, -0.1) is 0 Å². The first-order valence-corrected chi connectivity index (χ1v) is 7.88. The Kier molecular flexibility index (Phi) is 3.95. The number of nitrogens with one attached hydrogen (secondary N) is 1. The fourth-order valence-corrected chi connectivity index (χ4v) is 3.34. The Morgan fingerprint density at radius 2 is 1.81 bits per heavy atom. The van der Waals surface area contributed by atoms with Crippen molar-refractivity contribution in [2.24, 2.45) is 0 Å². The van der Waals surface area contributed by atoms with E-state index in [-0.39, 0.29) is 17.5 Å². The van der Waals surface area contributed by atoms with Crippen LogP contribution in [0.4, 0.5) is 0 Å². The zero-order valence-corrected chi connectivity index (χ0v) is 13.5. The Hall–Kier alpha value is -1.47. The summed E-state index contributed by atoms with van der Waals surface area (Å²) in [4.78, 5) is 0. The number of phenolic OH excluding ortho intramolecular Hbond substituents is 3. The highest BCUT2D eigenvalue weighted by molar-refractivity contribution is 14.1. The standard InChI is InChI=1S/C16H16INO3/c17-12-5-9(1-2-14(12)19)6-13-11-8-16(21)15(20)7-10(11)3-4-18-13/h1-2,5,7-8,13,18-21H,3-4,6H2/t13-/m0/s1. The van der Waals surface area contributed by atoms with E-state index in [0.29, 0.717) is 5.75 Å². The molecule has 0 spiro atoms. The third-order valence-corrected chi connectivity index (χ3v) is 4.71. The van der Waals surface area contributed by atoms with Gasteiger partial charge in [0.2, 0.25) is 0 Å². The van der Waals surface area contributed by atoms with Gasteiger partial charge in [0, 0.05) is 6.04 Å². The Labute approximate surface area is 136 Å². The second-order valence-corrected chi connectivity index (χ2v) is 6.45. The molecule has 0 bridgehead atoms. The molecule has 21 heavy (non-hydrogen) atoms. The molecule has 0 aromatic heterocycles. The Bertz CT molecular complexity index is 687. The first kappa shape index (κ1) is 14.5. The van der Waals surface area contributed by atoms with Gasteiger partial charge in [-0.2, -0.15) is 0 Å². The van der Waals surface area contributed by atoms with Gasteiger partial charge in [0.05, 0.1) is 3.57 Å². The van der Waals surface area contributed by atoms with Crippen LogP contribution in [0.1, 0.15) is 22.7 Å². The average Bonchev–Trinajstić information content (AvgIpc) is 2.45. The molecule has 1 aliphatic heterocycles. The van der Waals surface area contributed by atoms with Crippen LogP contribution in [0.25, 0.3) is 0 Å². The van der Waals surface area contributed by atoms with Gasteiger partial charge in [0.1, 0.15) is 5.75 Å². The third-order valence-electron chi connectivity index (χ3n) is 3.85. The molecule has 3 rings (SSSR count). The molecular formula is C16H16INO3. The lowest BCUT2D eigenvalue weighted by molar-refractivity contribution is 0.398. The highest BCUT2D eigenvalue weighted by Crippen LogP contribution is 2.35. The first-order chi connectivity index (χ1) is 10.0. The van der Waals surface area contributed by atoms with Crippen molar-refractivity contribution in [3.05, 3.63) is 50.6 Å². The summed E-state index contributed by atoms with van der Waals surface area (Å²) < 4.78 is 0.828. The number of aromatic hydroxyl groups is 3. The molecule has 0 radical (unpaired) electrons. The summed E-state index contributed by atoms with van der Waals surface area (Å²) in [6, 6.07) is 8.97. The van der Waals surface area contributed by atoms with Crippen molar-refractivity contribution in [1.29, 1.82) is 0 Å². The predicted octanol–water partition coefficient (Wildman–Crippen LogP) is 2.84. The van der Waals surface area contributed by atoms with E-state index in [9.17, 15) is 15.3 Å². The largest absolute Gasteiger partial charge is 0.507 e. The van der Waals surface area contributed by atoms with Crippen molar-refractivity contribution in [2.75, 3.05) is 6.54 Å². The average molecular weight is 397 g/mol. The molecule has 1 aliphatic rings. The normalized spacial score (nSPS) is 17.5. The monoisotopic (exact) mass is 397 g/mol. The summed E-state index contributed by atoms with van der Waals surface area (Å²) in [5.74, 6) is 0.148. The zero-order valence-electron chi connectivity index (χ0n) is 11.3. The molecule has 0 fully saturated rings. The van der Waals surface area contributed by atoms with Crippen LogP contribution in [0, 0.1) is 3.57 Å². The van der Waals surface area contributed by atoms with Crippen molar-refractivity contribution in [3.8, 4) is 17.2 Å². The van der Waals surface area contributed by atoms with E-state index in [1.54, 1.807) is 18.2 Å². The molecule has 1 atom stereocenters. The van der Waals surface area contributed by atoms with Gasteiger partial charge >= 0.3 is 0 Å². The lowest BCUT2D eigenvalue weighted by Gasteiger charge is -2.27. The summed E-state index contributed by atoms with van der Waals surface area (Å²) in [6.07, 6.45) is 1.61. The second-order valence-electron chi connectivity index (χ2n) is 5.29. The van der Waals surface area contributed by atoms with Crippen LogP contribution in [0.15, 0.2) is 30.3 Å². The Balaban J connectivity index is 1.91. The van der Waals surface area contributed by atoms with Gasteiger partial charge in [-0.05, 0) is 82.9 Å². The number of phenols is 3. The summed E-state index contributed by atoms with van der Waals surface area (Å²) in [5, 5.41) is 32.4. The third kappa shape index (κ3) is 2.94. The highest BCUT2D eigenvalue weighted by atomic mass is 127. The molecule has 2 aromatic carbocycles. The first-order valence-electron chi connectivity index (χ1n) is 6.80. The van der Waals surface area contributed by atoms with Crippen LogP contribution < -0.4 is 5.32 Å². The molecule has 110 valence electrons. The molecule has 0 unspecified atom stereocenters. The molecule has 0 amide bonds. The summed E-state index contributed by atoms with van der Waals surface area (Å²) in [5.41, 5.74) is 3.22. The number of fused-ring (bicyclic) bond motifs is 1. The molecule has 0 saturated carbocycles. The lowest BCUT2D eigenvalue weighted by atomic mass is 9.90. The smallest absolute Gasteiger partial charge is 0.157 e. The zero-order chi connectivity index (χ0) is 15.0. The van der Waals surface area contributed by atoms with Gasteiger partial charge in [0.25, 0.3) is 0 Å². The van der Waals surface area contributed by atoms with Crippen LogP contribution in [0.5, 0.6) is 17.2 Å². The van der Waals surface area contributed by atoms with Gasteiger partial charge in [0.15, 0.2) is 11.5 Å². The van der Waals surface area contributed by atoms with Crippen LogP contribution >= 0.6 is 22.6 Å². The maximum atomic E-state index is 9.73. The number of rotatable bonds is 2. The minimum Gasteiger partial charge on any atom is -0.507 e. The summed E-state index contributed by atoms with van der Waals surface area (Å²) >= 11 is 2.11. The quantitative estimate of drug-likeness (QED) is 0.465. The van der Waals surface area contributed by atoms with Crippen molar-refractivity contribution >= 4 is 22.6 Å². The van der Waals surface area contributed by atoms with E-state index in [0.717, 1.165) is 39.6 Å². The fourth-order valence-electron chi connectivity index (χ4n) is 2.76. The van der Waals surface area contributed by atoms with Crippen LogP contribution in [-0.4, -0.2) is 21.9 Å². The number of hydrogen-bond donors (Lipinski definition) is 4. The molecule has 5 heteroatoms. The number of hydrogen-bond acceptors (Lipinski definition) is 4. The van der Waals surface area contributed by atoms with Gasteiger partial charge in [-0.25, -0.2) is 0 Å². The maximum Gasteiger partial charge on any atom is 0.157 e. The van der Waals surface area contributed by atoms with E-state index in [4.69, 9.17) is 0 Å². The topological polar surface area (TPSA) is 72.7 Å². The molecule has 4 N–H and O–H groups in total. The minimum atomic E-state index is -0.0808. The molecular weight excluding hydrogens is 381 g/mol. The predicted molar refractivity (Wildman–Crippen MR) is 88.7 cm³/mol. The van der Waals surface area contributed by atoms with Crippen molar-refractivity contribution < 1.29 is 15.3 Å². The van der Waals surface area contributed by atoms with E-state index >= 15 is 0 Å². The van der Waals surface area contributed by atoms with Crippen LogP contribution in [0.3, 0.4) is 0 Å². The molecule has 0 saturated heterocycles. The van der Waals surface area contributed by atoms with Crippen LogP contribution in [0.2, 0.25) is 0 Å². The lowest BCUT2D eigenvalue weighted by Crippen LogP contribution is -2.31. The van der Waals surface area contributed by atoms with Crippen molar-refractivity contribution in [3.63, 3.8) is 0 Å². The maximum absolute atomic E-state index is 9.73. The SMILES string of the molecule is Oc1cc2c(cc1O)[C@H](Cc1ccc(O)c(I)c1)NCC2.